The highest BCUT2D eigenvalue weighted by Gasteiger charge is 2.66. The maximum absolute atomic E-state index is 15.1. The quantitative estimate of drug-likeness (QED) is 0.713. The van der Waals surface area contributed by atoms with Crippen molar-refractivity contribution in [3.63, 3.8) is 0 Å². The zero-order chi connectivity index (χ0) is 21.1. The van der Waals surface area contributed by atoms with E-state index in [1.807, 2.05) is 20.0 Å². The SMILES string of the molecule is CN1C[C@@]2(C)C[C@]1(C)[C@H](F)[C@@H]2Oc1ccc(-c2ccc(-n3ccnc3)cc2O)nn1. The first-order chi connectivity index (χ1) is 14.3. The Hall–Kier alpha value is -3.00. The second-order valence-corrected chi connectivity index (χ2v) is 8.91. The van der Waals surface area contributed by atoms with Crippen molar-refractivity contribution in [1.29, 1.82) is 0 Å². The summed E-state index contributed by atoms with van der Waals surface area (Å²) in [7, 11) is 1.97. The number of phenolic OH excluding ortho intramolecular Hbond substituents is 1. The standard InChI is InChI=1S/C22H24FN5O2/c1-21-11-22(2,27(3)12-21)19(23)20(21)30-18-7-6-16(25-26-18)15-5-4-14(10-17(15)29)28-9-8-24-13-28/h4-10,13,19-20,29H,11-12H2,1-3H3/t19-,20+,21-,22-/m1/s1. The average molecular weight is 409 g/mol. The van der Waals surface area contributed by atoms with Gasteiger partial charge < -0.3 is 14.4 Å². The highest BCUT2D eigenvalue weighted by Crippen LogP contribution is 2.55. The number of phenols is 1. The molecule has 30 heavy (non-hydrogen) atoms. The summed E-state index contributed by atoms with van der Waals surface area (Å²) in [6.45, 7) is 4.81. The summed E-state index contributed by atoms with van der Waals surface area (Å²) in [5.74, 6) is 0.380. The number of aromatic hydroxyl groups is 1. The fourth-order valence-corrected chi connectivity index (χ4v) is 5.08. The van der Waals surface area contributed by atoms with Crippen LogP contribution in [0.1, 0.15) is 20.3 Å². The van der Waals surface area contributed by atoms with Gasteiger partial charge in [0, 0.05) is 42.0 Å². The lowest BCUT2D eigenvalue weighted by atomic mass is 9.87. The van der Waals surface area contributed by atoms with Crippen molar-refractivity contribution >= 4 is 0 Å². The molecule has 0 unspecified atom stereocenters. The van der Waals surface area contributed by atoms with Crippen molar-refractivity contribution in [2.24, 2.45) is 5.41 Å². The Morgan fingerprint density at radius 3 is 2.63 bits per heavy atom. The van der Waals surface area contributed by atoms with Crippen LogP contribution in [0.5, 0.6) is 11.6 Å². The van der Waals surface area contributed by atoms with E-state index >= 15 is 4.39 Å². The van der Waals surface area contributed by atoms with E-state index < -0.39 is 17.8 Å². The van der Waals surface area contributed by atoms with Crippen molar-refractivity contribution in [1.82, 2.24) is 24.6 Å². The number of alkyl halides is 1. The highest BCUT2D eigenvalue weighted by atomic mass is 19.1. The van der Waals surface area contributed by atoms with Crippen LogP contribution in [0.25, 0.3) is 16.9 Å². The summed E-state index contributed by atoms with van der Waals surface area (Å²) >= 11 is 0. The second kappa shape index (κ2) is 6.50. The number of benzene rings is 1. The van der Waals surface area contributed by atoms with Gasteiger partial charge in [0.05, 0.1) is 23.2 Å². The summed E-state index contributed by atoms with van der Waals surface area (Å²) in [5.41, 5.74) is 1.10. The van der Waals surface area contributed by atoms with Crippen molar-refractivity contribution in [3.8, 4) is 28.6 Å². The van der Waals surface area contributed by atoms with Gasteiger partial charge >= 0.3 is 0 Å². The molecule has 1 aliphatic heterocycles. The number of ether oxygens (including phenoxy) is 1. The molecule has 8 heteroatoms. The van der Waals surface area contributed by atoms with Crippen molar-refractivity contribution in [2.75, 3.05) is 13.6 Å². The normalized spacial score (nSPS) is 30.7. The molecule has 2 fully saturated rings. The molecule has 0 radical (unpaired) electrons. The summed E-state index contributed by atoms with van der Waals surface area (Å²) in [4.78, 5) is 6.09. The van der Waals surface area contributed by atoms with Gasteiger partial charge in [-0.25, -0.2) is 9.37 Å². The van der Waals surface area contributed by atoms with Crippen molar-refractivity contribution in [2.45, 2.75) is 38.1 Å². The molecule has 4 atom stereocenters. The Kier molecular flexibility index (Phi) is 4.12. The third-order valence-electron chi connectivity index (χ3n) is 6.73. The van der Waals surface area contributed by atoms with Crippen molar-refractivity contribution in [3.05, 3.63) is 49.1 Å². The molecule has 3 aromatic rings. The van der Waals surface area contributed by atoms with E-state index in [9.17, 15) is 5.11 Å². The fraction of sp³-hybridized carbons (Fsp3) is 0.409. The van der Waals surface area contributed by atoms with E-state index in [4.69, 9.17) is 4.74 Å². The van der Waals surface area contributed by atoms with Crippen LogP contribution in [0, 0.1) is 5.41 Å². The van der Waals surface area contributed by atoms with Crippen LogP contribution >= 0.6 is 0 Å². The maximum Gasteiger partial charge on any atom is 0.233 e. The number of hydrogen-bond acceptors (Lipinski definition) is 6. The molecule has 1 saturated heterocycles. The number of imidazole rings is 1. The average Bonchev–Trinajstić information content (AvgIpc) is 3.37. The molecule has 1 aliphatic carbocycles. The van der Waals surface area contributed by atoms with Crippen LogP contribution in [0.2, 0.25) is 0 Å². The molecule has 1 N–H and O–H groups in total. The molecule has 1 saturated carbocycles. The topological polar surface area (TPSA) is 76.3 Å². The molecule has 156 valence electrons. The molecular formula is C22H24FN5O2. The number of nitrogens with zero attached hydrogens (tertiary/aromatic N) is 5. The molecular weight excluding hydrogens is 385 g/mol. The molecule has 7 nitrogen and oxygen atoms in total. The Morgan fingerprint density at radius 1 is 1.20 bits per heavy atom. The monoisotopic (exact) mass is 409 g/mol. The van der Waals surface area contributed by atoms with E-state index in [0.717, 1.165) is 18.7 Å². The van der Waals surface area contributed by atoms with Crippen LogP contribution in [0.3, 0.4) is 0 Å². The number of aromatic nitrogens is 4. The van der Waals surface area contributed by atoms with Crippen LogP contribution in [-0.2, 0) is 0 Å². The van der Waals surface area contributed by atoms with Gasteiger partial charge in [0.25, 0.3) is 0 Å². The van der Waals surface area contributed by atoms with Gasteiger partial charge in [-0.15, -0.1) is 10.2 Å². The maximum atomic E-state index is 15.1. The lowest BCUT2D eigenvalue weighted by Crippen LogP contribution is -2.56. The third kappa shape index (κ3) is 2.78. The molecule has 0 spiro atoms. The Balaban J connectivity index is 1.36. The van der Waals surface area contributed by atoms with Crippen LogP contribution in [0.15, 0.2) is 49.1 Å². The van der Waals surface area contributed by atoms with Gasteiger partial charge in [0.15, 0.2) is 6.17 Å². The summed E-state index contributed by atoms with van der Waals surface area (Å²) in [5, 5.41) is 18.8. The van der Waals surface area contributed by atoms with E-state index in [2.05, 4.69) is 27.0 Å². The molecule has 3 heterocycles. The van der Waals surface area contributed by atoms with Gasteiger partial charge in [-0.05, 0) is 38.6 Å². The molecule has 1 aromatic carbocycles. The number of likely N-dealkylation sites (tertiary alicyclic amines) is 1. The zero-order valence-corrected chi connectivity index (χ0v) is 17.2. The predicted octanol–water partition coefficient (Wildman–Crippen LogP) is 3.23. The van der Waals surface area contributed by atoms with E-state index in [1.54, 1.807) is 47.6 Å². The first kappa shape index (κ1) is 19.0. The zero-order valence-electron chi connectivity index (χ0n) is 17.2. The lowest BCUT2D eigenvalue weighted by molar-refractivity contribution is -0.0407. The number of fused-ring (bicyclic) bond motifs is 2. The van der Waals surface area contributed by atoms with Gasteiger partial charge in [0.1, 0.15) is 11.9 Å². The summed E-state index contributed by atoms with van der Waals surface area (Å²) in [6.07, 6.45) is 4.24. The first-order valence-electron chi connectivity index (χ1n) is 9.98. The van der Waals surface area contributed by atoms with Crippen LogP contribution in [0.4, 0.5) is 4.39 Å². The number of piperidine rings is 1. The second-order valence-electron chi connectivity index (χ2n) is 8.91. The Bertz CT molecular complexity index is 1070. The highest BCUT2D eigenvalue weighted by molar-refractivity contribution is 5.68. The van der Waals surface area contributed by atoms with Crippen molar-refractivity contribution < 1.29 is 14.2 Å². The smallest absolute Gasteiger partial charge is 0.233 e. The van der Waals surface area contributed by atoms with Crippen LogP contribution < -0.4 is 4.74 Å². The predicted molar refractivity (Wildman–Crippen MR) is 109 cm³/mol. The fourth-order valence-electron chi connectivity index (χ4n) is 5.08. The van der Waals surface area contributed by atoms with Gasteiger partial charge in [0.2, 0.25) is 5.88 Å². The van der Waals surface area contributed by atoms with Gasteiger partial charge in [-0.3, -0.25) is 4.90 Å². The van der Waals surface area contributed by atoms with Gasteiger partial charge in [-0.1, -0.05) is 6.92 Å². The minimum atomic E-state index is -1.09. The first-order valence-corrected chi connectivity index (χ1v) is 9.98. The summed E-state index contributed by atoms with van der Waals surface area (Å²) in [6, 6.07) is 8.69. The largest absolute Gasteiger partial charge is 0.507 e. The molecule has 0 amide bonds. The molecule has 2 aliphatic rings. The minimum Gasteiger partial charge on any atom is -0.507 e. The van der Waals surface area contributed by atoms with Crippen LogP contribution in [-0.4, -0.2) is 61.2 Å². The van der Waals surface area contributed by atoms with E-state index in [1.165, 1.54) is 0 Å². The number of halogens is 1. The molecule has 5 rings (SSSR count). The lowest BCUT2D eigenvalue weighted by Gasteiger charge is -2.41. The molecule has 2 bridgehead atoms. The Labute approximate surface area is 174 Å². The van der Waals surface area contributed by atoms with E-state index in [-0.39, 0.29) is 11.2 Å². The minimum absolute atomic E-state index is 0.0876. The third-order valence-corrected chi connectivity index (χ3v) is 6.73. The van der Waals surface area contributed by atoms with Gasteiger partial charge in [-0.2, -0.15) is 0 Å². The molecule has 2 aromatic heterocycles. The summed E-state index contributed by atoms with van der Waals surface area (Å²) < 4.78 is 22.9. The van der Waals surface area contributed by atoms with E-state index in [0.29, 0.717) is 17.1 Å². The Morgan fingerprint density at radius 2 is 2.03 bits per heavy atom. The number of rotatable bonds is 4. The number of hydrogen-bond donors (Lipinski definition) is 1.